The average molecular weight is 1670 g/mol. The van der Waals surface area contributed by atoms with Gasteiger partial charge >= 0.3 is 0 Å². The number of sulfone groups is 1. The minimum absolute atomic E-state index is 0.0755. The Morgan fingerprint density at radius 2 is 0.850 bits per heavy atom. The highest BCUT2D eigenvalue weighted by Crippen LogP contribution is 2.29. The molecule has 0 bridgehead atoms. The number of carbonyl (C=O) groups is 2. The molecule has 20 aromatic rings. The lowest BCUT2D eigenvalue weighted by molar-refractivity contribution is -0.117. The molecule has 20 rings (SSSR count). The summed E-state index contributed by atoms with van der Waals surface area (Å²) in [5, 5.41) is 34.6. The summed E-state index contributed by atoms with van der Waals surface area (Å²) < 4.78 is 42.6. The van der Waals surface area contributed by atoms with Gasteiger partial charge in [0.25, 0.3) is 0 Å². The molecular weight excluding hydrogens is 1600 g/mol. The van der Waals surface area contributed by atoms with Crippen molar-refractivity contribution in [1.82, 2.24) is 113 Å². The van der Waals surface area contributed by atoms with E-state index < -0.39 is 9.84 Å². The molecule has 15 aromatic heterocycles. The number of Topliss-reactive ketones (excluding diaryl/α,β-unsaturated/α-hetero) is 2. The van der Waals surface area contributed by atoms with Crippen LogP contribution in [0.2, 0.25) is 0 Å². The van der Waals surface area contributed by atoms with E-state index >= 15 is 0 Å². The highest BCUT2D eigenvalue weighted by Gasteiger charge is 2.20. The SMILES string of the molecule is COCCn1cnc(-c2cccc(-n3ncc4c(N)ncnc43)c2)c1.Nc1ncnc2c1cnn2-c1ccc(-n2cccc2)cc1.Nc1ncnc2c1cnn2-c1cccc(CC(=O)Cc2ccsc2)c1.Nc1ncnc2c1cnn2-c1cccc(CC(=O)c2cccs2)c1.Nc1ncnc2c1cnn2-c1cccc(CS(=O)(=O)c2ccsc2)c1. The zero-order valence-corrected chi connectivity index (χ0v) is 66.8. The Labute approximate surface area is 694 Å². The normalized spacial score (nSPS) is 11.2. The van der Waals surface area contributed by atoms with Crippen LogP contribution in [0.25, 0.3) is 101 Å². The Morgan fingerprint density at radius 3 is 1.31 bits per heavy atom. The summed E-state index contributed by atoms with van der Waals surface area (Å²) in [6, 6.07) is 50.0. The number of ether oxygens (including phenoxy) is 1. The van der Waals surface area contributed by atoms with Gasteiger partial charge in [-0.3, -0.25) is 9.59 Å². The van der Waals surface area contributed by atoms with Gasteiger partial charge in [0.2, 0.25) is 0 Å². The fourth-order valence-corrected chi connectivity index (χ4v) is 16.6. The second kappa shape index (κ2) is 35.4. The molecule has 596 valence electrons. The van der Waals surface area contributed by atoms with Crippen LogP contribution in [0.1, 0.15) is 31.9 Å². The largest absolute Gasteiger partial charge is 0.383 e. The van der Waals surface area contributed by atoms with E-state index in [-0.39, 0.29) is 17.3 Å². The summed E-state index contributed by atoms with van der Waals surface area (Å²) in [5.74, 6) is 2.24. The number of imidazole rings is 1. The molecule has 120 heavy (non-hydrogen) atoms. The van der Waals surface area contributed by atoms with Crippen LogP contribution in [-0.4, -0.2) is 147 Å². The highest BCUT2D eigenvalue weighted by molar-refractivity contribution is 7.90. The molecule has 0 saturated carbocycles. The third kappa shape index (κ3) is 17.6. The Bertz CT molecular complexity index is 7080. The van der Waals surface area contributed by atoms with Gasteiger partial charge in [-0.15, -0.1) is 11.3 Å². The van der Waals surface area contributed by atoms with E-state index in [1.54, 1.807) is 114 Å². The van der Waals surface area contributed by atoms with Gasteiger partial charge in [0.05, 0.1) is 121 Å². The van der Waals surface area contributed by atoms with Crippen molar-refractivity contribution in [2.45, 2.75) is 36.5 Å². The number of thiophene rings is 3. The van der Waals surface area contributed by atoms with Crippen LogP contribution in [0.3, 0.4) is 0 Å². The summed E-state index contributed by atoms with van der Waals surface area (Å²) in [5.41, 5.74) is 43.3. The van der Waals surface area contributed by atoms with Crippen LogP contribution in [0.15, 0.2) is 277 Å². The molecule has 0 amide bonds. The number of methoxy groups -OCH3 is 1. The fourth-order valence-electron chi connectivity index (χ4n) is 12.9. The number of nitrogens with zero attached hydrogens (tertiary/aromatic N) is 23. The van der Waals surface area contributed by atoms with Gasteiger partial charge in [0.15, 0.2) is 43.9 Å². The van der Waals surface area contributed by atoms with E-state index in [1.165, 1.54) is 54.3 Å². The van der Waals surface area contributed by atoms with E-state index in [9.17, 15) is 18.0 Å². The summed E-state index contributed by atoms with van der Waals surface area (Å²) in [6.45, 7) is 1.42. The van der Waals surface area contributed by atoms with Gasteiger partial charge in [-0.05, 0) is 147 Å². The van der Waals surface area contributed by atoms with Crippen LogP contribution < -0.4 is 28.7 Å². The number of rotatable bonds is 20. The minimum atomic E-state index is -3.37. The Morgan fingerprint density at radius 1 is 0.417 bits per heavy atom. The van der Waals surface area contributed by atoms with E-state index in [0.29, 0.717) is 115 Å². The Hall–Kier alpha value is -15.3. The first-order chi connectivity index (χ1) is 58.6. The quantitative estimate of drug-likeness (QED) is 0.0442. The number of anilines is 5. The lowest BCUT2D eigenvalue weighted by Crippen LogP contribution is -2.07. The van der Waals surface area contributed by atoms with Gasteiger partial charge in [-0.1, -0.05) is 54.6 Å². The van der Waals surface area contributed by atoms with Crippen molar-refractivity contribution in [3.8, 4) is 45.4 Å². The van der Waals surface area contributed by atoms with Crippen molar-refractivity contribution in [2.24, 2.45) is 0 Å². The van der Waals surface area contributed by atoms with Crippen LogP contribution in [-0.2, 0) is 50.9 Å². The second-order valence-corrected chi connectivity index (χ2v) is 31.2. The molecule has 0 aliphatic carbocycles. The Kier molecular flexibility index (Phi) is 23.2. The third-order valence-corrected chi connectivity index (χ3v) is 22.9. The van der Waals surface area contributed by atoms with Crippen LogP contribution in [0.5, 0.6) is 0 Å². The van der Waals surface area contributed by atoms with E-state index in [2.05, 4.69) is 80.3 Å². The molecule has 0 aliphatic rings. The van der Waals surface area contributed by atoms with Crippen LogP contribution in [0, 0.1) is 0 Å². The second-order valence-electron chi connectivity index (χ2n) is 26.7. The van der Waals surface area contributed by atoms with Crippen molar-refractivity contribution in [2.75, 3.05) is 42.4 Å². The monoisotopic (exact) mass is 1670 g/mol. The van der Waals surface area contributed by atoms with Crippen molar-refractivity contribution in [3.05, 3.63) is 299 Å². The van der Waals surface area contributed by atoms with Crippen molar-refractivity contribution < 1.29 is 22.7 Å². The fraction of sp³-hybridized carbons (Fsp3) is 0.0843. The van der Waals surface area contributed by atoms with Crippen molar-refractivity contribution in [1.29, 1.82) is 0 Å². The maximum Gasteiger partial charge on any atom is 0.183 e. The van der Waals surface area contributed by atoms with Gasteiger partial charge in [-0.2, -0.15) is 48.2 Å². The highest BCUT2D eigenvalue weighted by atomic mass is 32.2. The number of nitrogens with two attached hydrogens (primary N) is 5. The van der Waals surface area contributed by atoms with E-state index in [4.69, 9.17) is 33.4 Å². The number of fused-ring (bicyclic) bond motifs is 5. The number of carbonyl (C=O) groups excluding carboxylic acids is 2. The molecule has 0 radical (unpaired) electrons. The van der Waals surface area contributed by atoms with Crippen LogP contribution in [0.4, 0.5) is 29.1 Å². The number of hydrogen-bond donors (Lipinski definition) is 5. The lowest BCUT2D eigenvalue weighted by Gasteiger charge is -2.07. The molecule has 0 saturated heterocycles. The number of ketones is 2. The molecule has 33 nitrogen and oxygen atoms in total. The third-order valence-electron chi connectivity index (χ3n) is 18.8. The minimum Gasteiger partial charge on any atom is -0.383 e. The first-order valence-electron chi connectivity index (χ1n) is 36.7. The number of benzene rings is 5. The average Bonchev–Trinajstić information content (AvgIpc) is 1.64. The zero-order valence-electron chi connectivity index (χ0n) is 63.6. The topological polar surface area (TPSA) is 448 Å². The number of hydrogen-bond acceptors (Lipinski definition) is 29. The maximum atomic E-state index is 12.5. The van der Waals surface area contributed by atoms with Gasteiger partial charge in [0.1, 0.15) is 66.5 Å². The standard InChI is InChI=1S/C18H15N5OS.C17H17N7O.C17H13N5OS.C16H13N5O2S2.C15H12N6/c19-17-16-9-22-23(18(16)21-11-20-17)14-3-1-2-12(6-14)7-15(24)8-13-4-5-25-10-13;1-25-6-5-23-9-15(21-11-23)12-3-2-4-13(7-12)24-17-14(8-22-24)16(18)19-10-20-17;18-16-13-9-21-22(17(13)20-10-19-16)12-4-1-3-11(7-12)8-14(23)15-5-2-6-24-15;17-15-14-7-20-21(16(14)19-10-18-15)12-3-1-2-11(6-12)9-25(22,23)13-4-5-24-8-13;16-14-13-9-19-21(15(13)18-10-17-14)12-5-3-11(4-6-12)20-7-1-2-8-20/h1-6,9-11H,7-8H2,(H2,19,20,21);2-4,7-11H,5-6H2,1H3,(H2,18,19,20);1-7,9-10H,8H2,(H2,18,19,20);1-8,10H,9H2,(H2,17,18,19);1-10H,(H2,16,17,18). The van der Waals surface area contributed by atoms with Gasteiger partial charge in [0, 0.05) is 68.1 Å². The molecule has 0 fully saturated rings. The predicted molar refractivity (Wildman–Crippen MR) is 462 cm³/mol. The first kappa shape index (κ1) is 78.6. The first-order valence-corrected chi connectivity index (χ1v) is 41.2. The Balaban J connectivity index is 0.000000112. The molecule has 0 spiro atoms. The molecule has 0 aliphatic heterocycles. The van der Waals surface area contributed by atoms with Gasteiger partial charge < -0.3 is 42.5 Å². The maximum absolute atomic E-state index is 12.5. The van der Waals surface area contributed by atoms with Crippen LogP contribution >= 0.6 is 34.0 Å². The van der Waals surface area contributed by atoms with E-state index in [0.717, 1.165) is 78.6 Å². The summed E-state index contributed by atoms with van der Waals surface area (Å²) in [7, 11) is -1.68. The molecule has 15 heterocycles. The zero-order chi connectivity index (χ0) is 82.6. The van der Waals surface area contributed by atoms with E-state index in [1.807, 2.05) is 177 Å². The van der Waals surface area contributed by atoms with Crippen molar-refractivity contribution in [3.63, 3.8) is 0 Å². The molecule has 5 aromatic carbocycles. The smallest absolute Gasteiger partial charge is 0.183 e. The molecule has 10 N–H and O–H groups in total. The summed E-state index contributed by atoms with van der Waals surface area (Å²) in [6.07, 6.45) is 24.4. The molecular formula is C83H70N28O5S4. The predicted octanol–water partition coefficient (Wildman–Crippen LogP) is 12.2. The molecule has 0 unspecified atom stereocenters. The summed E-state index contributed by atoms with van der Waals surface area (Å²) >= 11 is 4.42. The van der Waals surface area contributed by atoms with Crippen molar-refractivity contribution >= 4 is 140 Å². The summed E-state index contributed by atoms with van der Waals surface area (Å²) in [4.78, 5) is 71.3. The molecule has 0 atom stereocenters. The number of aromatic nitrogens is 23. The number of nitrogen functional groups attached to an aromatic ring is 5. The molecule has 37 heteroatoms. The van der Waals surface area contributed by atoms with Gasteiger partial charge in [-0.25, -0.2) is 86.7 Å². The lowest BCUT2D eigenvalue weighted by atomic mass is 10.0.